The number of carboxylic acid groups (broad SMARTS) is 1. The van der Waals surface area contributed by atoms with E-state index in [4.69, 9.17) is 5.11 Å². The number of carbonyl (C=O) groups is 2. The molecule has 3 rings (SSSR count). The number of carbonyl (C=O) groups excluding carboxylic acids is 1. The maximum atomic E-state index is 11.7. The number of hydrogen-bond donors (Lipinski definition) is 3. The van der Waals surface area contributed by atoms with E-state index in [-0.39, 0.29) is 17.3 Å². The molecular formula is C19H17N3O4S. The van der Waals surface area contributed by atoms with Crippen LogP contribution in [0, 0.1) is 0 Å². The molecule has 0 aliphatic carbocycles. The van der Waals surface area contributed by atoms with Gasteiger partial charge in [-0.25, -0.2) is 0 Å². The molecule has 1 heterocycles. The molecule has 3 N–H and O–H groups in total. The number of phenols is 1. The Morgan fingerprint density at radius 3 is 2.70 bits per heavy atom. The Hall–Kier alpha value is -3.13. The van der Waals surface area contributed by atoms with E-state index in [1.807, 2.05) is 42.5 Å². The Kier molecular flexibility index (Phi) is 5.87. The molecule has 1 saturated heterocycles. The number of nitrogens with one attached hydrogen (secondary N) is 1. The van der Waals surface area contributed by atoms with Crippen LogP contribution in [0.1, 0.15) is 23.1 Å². The Morgan fingerprint density at radius 1 is 1.19 bits per heavy atom. The van der Waals surface area contributed by atoms with E-state index in [1.54, 1.807) is 6.07 Å². The summed E-state index contributed by atoms with van der Waals surface area (Å²) in [6.07, 6.45) is 1.84. The molecule has 7 nitrogen and oxygen atoms in total. The van der Waals surface area contributed by atoms with Gasteiger partial charge in [-0.15, -0.1) is 5.10 Å². The second-order valence-corrected chi connectivity index (χ2v) is 7.09. The zero-order valence-electron chi connectivity index (χ0n) is 14.2. The summed E-state index contributed by atoms with van der Waals surface area (Å²) in [5, 5.41) is 28.6. The van der Waals surface area contributed by atoms with Crippen molar-refractivity contribution in [2.45, 2.75) is 18.1 Å². The van der Waals surface area contributed by atoms with Crippen molar-refractivity contribution < 1.29 is 19.8 Å². The third kappa shape index (κ3) is 5.18. The summed E-state index contributed by atoms with van der Waals surface area (Å²) in [5.74, 6) is -1.38. The Morgan fingerprint density at radius 2 is 1.96 bits per heavy atom. The van der Waals surface area contributed by atoms with Gasteiger partial charge in [-0.05, 0) is 29.7 Å². The van der Waals surface area contributed by atoms with Gasteiger partial charge in [-0.3, -0.25) is 9.59 Å². The van der Waals surface area contributed by atoms with E-state index in [1.165, 1.54) is 6.21 Å². The average molecular weight is 383 g/mol. The molecule has 0 bridgehead atoms. The average Bonchev–Trinajstić information content (AvgIpc) is 2.97. The first kappa shape index (κ1) is 18.7. The number of hydrogen-bond acceptors (Lipinski definition) is 6. The molecular weight excluding hydrogens is 366 g/mol. The molecule has 138 valence electrons. The lowest BCUT2D eigenvalue weighted by atomic mass is 10.0. The highest BCUT2D eigenvalue weighted by Crippen LogP contribution is 2.23. The number of benzene rings is 2. The van der Waals surface area contributed by atoms with Gasteiger partial charge < -0.3 is 15.5 Å². The van der Waals surface area contributed by atoms with Gasteiger partial charge in [0.15, 0.2) is 5.17 Å². The number of thioether (sulfide) groups is 1. The summed E-state index contributed by atoms with van der Waals surface area (Å²) in [7, 11) is 0. The van der Waals surface area contributed by atoms with Gasteiger partial charge in [-0.2, -0.15) is 5.10 Å². The van der Waals surface area contributed by atoms with Crippen LogP contribution in [0.3, 0.4) is 0 Å². The first-order valence-electron chi connectivity index (χ1n) is 8.17. The molecule has 1 atom stereocenters. The minimum Gasteiger partial charge on any atom is -0.507 e. The maximum Gasteiger partial charge on any atom is 0.305 e. The number of aromatic hydroxyl groups is 1. The molecule has 1 aliphatic rings. The predicted octanol–water partition coefficient (Wildman–Crippen LogP) is 2.38. The topological polar surface area (TPSA) is 111 Å². The van der Waals surface area contributed by atoms with Gasteiger partial charge in [0.05, 0.1) is 12.6 Å². The van der Waals surface area contributed by atoms with E-state index >= 15 is 0 Å². The standard InChI is InChI=1S/C19H17N3O4S/c23-15-7-6-13(8-12-4-2-1-3-5-12)9-14(15)11-20-22-19-21-18(26)16(27-19)10-17(24)25/h1-7,9,11,16,23H,8,10H2,(H,24,25)(H,21,22,26). The highest BCUT2D eigenvalue weighted by molar-refractivity contribution is 8.15. The monoisotopic (exact) mass is 383 g/mol. The quantitative estimate of drug-likeness (QED) is 0.524. The number of amides is 1. The van der Waals surface area contributed by atoms with Crippen LogP contribution in [0.4, 0.5) is 0 Å². The number of rotatable bonds is 6. The molecule has 0 radical (unpaired) electrons. The van der Waals surface area contributed by atoms with Crippen molar-refractivity contribution in [2.24, 2.45) is 10.2 Å². The second kappa shape index (κ2) is 8.50. The SMILES string of the molecule is O=C(O)CC1SC(=NN=Cc2cc(Cc3ccccc3)ccc2O)NC1=O. The predicted molar refractivity (Wildman–Crippen MR) is 104 cm³/mol. The summed E-state index contributed by atoms with van der Waals surface area (Å²) >= 11 is 1.02. The number of nitrogens with zero attached hydrogens (tertiary/aromatic N) is 2. The van der Waals surface area contributed by atoms with Crippen molar-refractivity contribution >= 4 is 35.0 Å². The fourth-order valence-electron chi connectivity index (χ4n) is 2.54. The zero-order chi connectivity index (χ0) is 19.2. The van der Waals surface area contributed by atoms with Crippen molar-refractivity contribution in [1.82, 2.24) is 5.32 Å². The highest BCUT2D eigenvalue weighted by atomic mass is 32.2. The largest absolute Gasteiger partial charge is 0.507 e. The Bertz CT molecular complexity index is 912. The molecule has 1 fully saturated rings. The van der Waals surface area contributed by atoms with Crippen LogP contribution in [0.2, 0.25) is 0 Å². The van der Waals surface area contributed by atoms with E-state index in [2.05, 4.69) is 15.5 Å². The van der Waals surface area contributed by atoms with Crippen molar-refractivity contribution in [1.29, 1.82) is 0 Å². The molecule has 27 heavy (non-hydrogen) atoms. The minimum atomic E-state index is -1.05. The van der Waals surface area contributed by atoms with E-state index in [0.717, 1.165) is 29.3 Å². The van der Waals surface area contributed by atoms with Gasteiger partial charge in [0.25, 0.3) is 0 Å². The summed E-state index contributed by atoms with van der Waals surface area (Å²) < 4.78 is 0. The molecule has 1 unspecified atom stereocenters. The van der Waals surface area contributed by atoms with E-state index < -0.39 is 17.1 Å². The highest BCUT2D eigenvalue weighted by Gasteiger charge is 2.32. The maximum absolute atomic E-state index is 11.7. The van der Waals surface area contributed by atoms with Crippen molar-refractivity contribution in [3.63, 3.8) is 0 Å². The van der Waals surface area contributed by atoms with Crippen molar-refractivity contribution in [2.75, 3.05) is 0 Å². The van der Waals surface area contributed by atoms with Crippen LogP contribution in [0.15, 0.2) is 58.7 Å². The summed E-state index contributed by atoms with van der Waals surface area (Å²) in [6.45, 7) is 0. The first-order chi connectivity index (χ1) is 13.0. The second-order valence-electron chi connectivity index (χ2n) is 5.90. The molecule has 8 heteroatoms. The van der Waals surface area contributed by atoms with Crippen LogP contribution < -0.4 is 5.32 Å². The van der Waals surface area contributed by atoms with Crippen LogP contribution in [-0.4, -0.2) is 38.7 Å². The van der Waals surface area contributed by atoms with E-state index in [0.29, 0.717) is 5.56 Å². The molecule has 2 aromatic rings. The molecule has 1 aliphatic heterocycles. The third-order valence-corrected chi connectivity index (χ3v) is 4.90. The molecule has 2 aromatic carbocycles. The van der Waals surface area contributed by atoms with Crippen LogP contribution >= 0.6 is 11.8 Å². The molecule has 1 amide bonds. The van der Waals surface area contributed by atoms with Crippen LogP contribution in [0.5, 0.6) is 5.75 Å². The van der Waals surface area contributed by atoms with Crippen molar-refractivity contribution in [3.05, 3.63) is 65.2 Å². The number of aliphatic carboxylic acids is 1. The molecule has 0 aromatic heterocycles. The van der Waals surface area contributed by atoms with Crippen LogP contribution in [-0.2, 0) is 16.0 Å². The van der Waals surface area contributed by atoms with Crippen molar-refractivity contribution in [3.8, 4) is 5.75 Å². The minimum absolute atomic E-state index is 0.0719. The normalized spacial score (nSPS) is 18.1. The number of phenolic OH excluding ortho intramolecular Hbond substituents is 1. The molecule has 0 saturated carbocycles. The van der Waals surface area contributed by atoms with Gasteiger partial charge in [0.1, 0.15) is 11.0 Å². The van der Waals surface area contributed by atoms with E-state index in [9.17, 15) is 14.7 Å². The van der Waals surface area contributed by atoms with Crippen LogP contribution in [0.25, 0.3) is 0 Å². The fraction of sp³-hybridized carbons (Fsp3) is 0.158. The Labute approximate surface area is 159 Å². The molecule has 0 spiro atoms. The Balaban J connectivity index is 1.69. The summed E-state index contributed by atoms with van der Waals surface area (Å²) in [4.78, 5) is 22.4. The van der Waals surface area contributed by atoms with Gasteiger partial charge in [-0.1, -0.05) is 48.2 Å². The fourth-order valence-corrected chi connectivity index (χ4v) is 3.45. The smallest absolute Gasteiger partial charge is 0.305 e. The van der Waals surface area contributed by atoms with Gasteiger partial charge in [0.2, 0.25) is 5.91 Å². The lowest BCUT2D eigenvalue weighted by Crippen LogP contribution is -2.26. The van der Waals surface area contributed by atoms with Gasteiger partial charge in [0, 0.05) is 5.56 Å². The first-order valence-corrected chi connectivity index (χ1v) is 9.05. The summed E-state index contributed by atoms with van der Waals surface area (Å²) in [5.41, 5.74) is 2.67. The zero-order valence-corrected chi connectivity index (χ0v) is 15.0. The van der Waals surface area contributed by atoms with Gasteiger partial charge >= 0.3 is 5.97 Å². The lowest BCUT2D eigenvalue weighted by molar-refractivity contribution is -0.138. The third-order valence-electron chi connectivity index (χ3n) is 3.82. The number of amidine groups is 1. The number of carboxylic acids is 1. The summed E-state index contributed by atoms with van der Waals surface area (Å²) in [6, 6.07) is 15.2. The lowest BCUT2D eigenvalue weighted by Gasteiger charge is -2.04.